The van der Waals surface area contributed by atoms with Crippen LogP contribution in [-0.4, -0.2) is 14.0 Å². The van der Waals surface area contributed by atoms with Gasteiger partial charge < -0.3 is 9.88 Å². The minimum atomic E-state index is 0.720. The Morgan fingerprint density at radius 2 is 1.63 bits per heavy atom. The van der Waals surface area contributed by atoms with Crippen molar-refractivity contribution >= 4 is 40.1 Å². The van der Waals surface area contributed by atoms with E-state index in [1.165, 1.54) is 33.6 Å². The predicted molar refractivity (Wildman–Crippen MR) is 151 cm³/mol. The van der Waals surface area contributed by atoms with Crippen LogP contribution in [0.5, 0.6) is 0 Å². The van der Waals surface area contributed by atoms with Gasteiger partial charge in [0, 0.05) is 34.6 Å². The molecular weight excluding hydrogens is 470 g/mol. The number of anilines is 1. The third kappa shape index (κ3) is 3.97. The maximum absolute atomic E-state index is 6.26. The highest BCUT2D eigenvalue weighted by atomic mass is 35.5. The van der Waals surface area contributed by atoms with Gasteiger partial charge in [-0.05, 0) is 61.6 Å². The number of aryl methyl sites for hydroxylation is 3. The van der Waals surface area contributed by atoms with Crippen LogP contribution in [0.25, 0.3) is 28.0 Å². The van der Waals surface area contributed by atoms with Crippen molar-refractivity contribution in [1.82, 2.24) is 8.97 Å². The van der Waals surface area contributed by atoms with E-state index in [9.17, 15) is 0 Å². The fraction of sp³-hybridized carbons (Fsp3) is 0.167. The highest BCUT2D eigenvalue weighted by Crippen LogP contribution is 2.40. The maximum Gasteiger partial charge on any atom is 0.128 e. The number of imidazole rings is 1. The quantitative estimate of drug-likeness (QED) is 0.254. The van der Waals surface area contributed by atoms with Crippen LogP contribution in [0, 0.1) is 6.92 Å². The second-order valence-corrected chi connectivity index (χ2v) is 10.1. The number of rotatable bonds is 4. The van der Waals surface area contributed by atoms with Gasteiger partial charge in [0.05, 0.1) is 11.4 Å². The number of nitrogens with one attached hydrogen (secondary N) is 1. The number of hydrogen-bond acceptors (Lipinski definition) is 1. The van der Waals surface area contributed by atoms with Crippen molar-refractivity contribution in [2.45, 2.75) is 32.7 Å². The lowest BCUT2D eigenvalue weighted by atomic mass is 9.98. The van der Waals surface area contributed by atoms with Gasteiger partial charge in [-0.2, -0.15) is 0 Å². The lowest BCUT2D eigenvalue weighted by molar-refractivity contribution is 0.647. The summed E-state index contributed by atoms with van der Waals surface area (Å²) in [5.41, 5.74) is 10.7. The molecule has 0 unspecified atom stereocenters. The normalized spacial score (nSPS) is 13.1. The van der Waals surface area contributed by atoms with E-state index >= 15 is 0 Å². The second kappa shape index (κ2) is 9.03. The molecule has 5 aromatic rings. The number of aromatic nitrogens is 2. The summed E-state index contributed by atoms with van der Waals surface area (Å²) >= 11 is 12.4. The van der Waals surface area contributed by atoms with Crippen LogP contribution in [0.2, 0.25) is 5.02 Å². The Hall–Kier alpha value is -3.34. The molecule has 0 atom stereocenters. The molecule has 3 nitrogen and oxygen atoms in total. The highest BCUT2D eigenvalue weighted by molar-refractivity contribution is 7.81. The molecule has 3 heterocycles. The standard InChI is InChI=1S/C30H26ClN3S/c1-20-10-16-24(17-11-20)32-29(35)28-27(22-12-14-23(31)15-13-22)25-9-5-6-18-33-26(19-34(28)30(25)33)21-7-3-2-4-8-21/h2-4,7-8,10-17,19H,5-6,9,18H2,1H3,(H,32,35). The fourth-order valence-corrected chi connectivity index (χ4v) is 5.65. The molecule has 0 radical (unpaired) electrons. The molecule has 1 aliphatic heterocycles. The highest BCUT2D eigenvalue weighted by Gasteiger charge is 2.28. The van der Waals surface area contributed by atoms with Gasteiger partial charge in [-0.1, -0.05) is 84.0 Å². The number of nitrogens with zero attached hydrogens (tertiary/aromatic N) is 2. The van der Waals surface area contributed by atoms with E-state index in [1.807, 2.05) is 12.1 Å². The molecule has 3 aromatic carbocycles. The van der Waals surface area contributed by atoms with Crippen LogP contribution >= 0.6 is 23.8 Å². The van der Waals surface area contributed by atoms with Crippen LogP contribution < -0.4 is 5.32 Å². The Morgan fingerprint density at radius 1 is 0.886 bits per heavy atom. The molecule has 0 saturated heterocycles. The third-order valence-corrected chi connectivity index (χ3v) is 7.41. The van der Waals surface area contributed by atoms with Crippen molar-refractivity contribution in [1.29, 1.82) is 0 Å². The molecule has 2 aromatic heterocycles. The van der Waals surface area contributed by atoms with Gasteiger partial charge in [0.2, 0.25) is 0 Å². The molecule has 0 amide bonds. The van der Waals surface area contributed by atoms with Crippen LogP contribution in [-0.2, 0) is 13.0 Å². The third-order valence-electron chi connectivity index (χ3n) is 6.86. The zero-order chi connectivity index (χ0) is 23.9. The molecule has 0 spiro atoms. The lowest BCUT2D eigenvalue weighted by Gasteiger charge is -2.12. The monoisotopic (exact) mass is 495 g/mol. The molecule has 0 fully saturated rings. The van der Waals surface area contributed by atoms with Gasteiger partial charge in [0.25, 0.3) is 0 Å². The molecular formula is C30H26ClN3S. The zero-order valence-corrected chi connectivity index (χ0v) is 21.2. The summed E-state index contributed by atoms with van der Waals surface area (Å²) in [6.45, 7) is 3.09. The van der Waals surface area contributed by atoms with Crippen LogP contribution in [0.4, 0.5) is 5.69 Å². The molecule has 174 valence electrons. The summed E-state index contributed by atoms with van der Waals surface area (Å²) < 4.78 is 4.80. The van der Waals surface area contributed by atoms with E-state index in [0.29, 0.717) is 0 Å². The van der Waals surface area contributed by atoms with Gasteiger partial charge in [-0.15, -0.1) is 0 Å². The van der Waals surface area contributed by atoms with E-state index in [0.717, 1.165) is 52.8 Å². The Bertz CT molecular complexity index is 1530. The fourth-order valence-electron chi connectivity index (χ4n) is 5.20. The zero-order valence-electron chi connectivity index (χ0n) is 19.6. The van der Waals surface area contributed by atoms with Crippen molar-refractivity contribution in [2.24, 2.45) is 0 Å². The Balaban J connectivity index is 1.60. The lowest BCUT2D eigenvalue weighted by Crippen LogP contribution is -2.14. The smallest absolute Gasteiger partial charge is 0.128 e. The van der Waals surface area contributed by atoms with Crippen molar-refractivity contribution in [3.05, 3.63) is 107 Å². The average Bonchev–Trinajstić information content (AvgIpc) is 3.29. The van der Waals surface area contributed by atoms with Crippen molar-refractivity contribution in [3.63, 3.8) is 0 Å². The summed E-state index contributed by atoms with van der Waals surface area (Å²) in [7, 11) is 0. The van der Waals surface area contributed by atoms with E-state index in [-0.39, 0.29) is 0 Å². The molecule has 1 N–H and O–H groups in total. The minimum absolute atomic E-state index is 0.720. The first kappa shape index (κ1) is 22.1. The van der Waals surface area contributed by atoms with Crippen LogP contribution in [0.15, 0.2) is 85.1 Å². The molecule has 0 aliphatic carbocycles. The number of benzene rings is 3. The summed E-state index contributed by atoms with van der Waals surface area (Å²) in [6, 6.07) is 27.2. The minimum Gasteiger partial charge on any atom is -0.345 e. The van der Waals surface area contributed by atoms with Gasteiger partial charge in [0.1, 0.15) is 10.6 Å². The molecule has 35 heavy (non-hydrogen) atoms. The number of hydrogen-bond donors (Lipinski definition) is 1. The predicted octanol–water partition coefficient (Wildman–Crippen LogP) is 8.16. The van der Waals surface area contributed by atoms with Gasteiger partial charge in [-0.25, -0.2) is 0 Å². The summed E-state index contributed by atoms with van der Waals surface area (Å²) in [5.74, 6) is 0. The molecule has 0 bridgehead atoms. The van der Waals surface area contributed by atoms with Crippen molar-refractivity contribution in [2.75, 3.05) is 5.32 Å². The van der Waals surface area contributed by atoms with Gasteiger partial charge in [-0.3, -0.25) is 4.40 Å². The number of thiocarbonyl (C=S) groups is 1. The summed E-state index contributed by atoms with van der Waals surface area (Å²) in [6.07, 6.45) is 5.58. The first-order valence-corrected chi connectivity index (χ1v) is 12.8. The Labute approximate surface area is 216 Å². The molecule has 0 saturated carbocycles. The summed E-state index contributed by atoms with van der Waals surface area (Å²) in [4.78, 5) is 0.720. The van der Waals surface area contributed by atoms with Gasteiger partial charge >= 0.3 is 0 Å². The van der Waals surface area contributed by atoms with E-state index in [2.05, 4.69) is 94.1 Å². The SMILES string of the molecule is Cc1ccc(NC(=S)c2c(-c3ccc(Cl)cc3)c3c4n(c(-c5ccccc5)cn24)CCCC3)cc1. The second-order valence-electron chi connectivity index (χ2n) is 9.21. The van der Waals surface area contributed by atoms with Gasteiger partial charge in [0.15, 0.2) is 0 Å². The van der Waals surface area contributed by atoms with Crippen LogP contribution in [0.1, 0.15) is 29.7 Å². The molecule has 5 heteroatoms. The topological polar surface area (TPSA) is 21.4 Å². The van der Waals surface area contributed by atoms with E-state index < -0.39 is 0 Å². The molecule has 6 rings (SSSR count). The first-order valence-electron chi connectivity index (χ1n) is 12.1. The Kier molecular flexibility index (Phi) is 5.71. The first-order chi connectivity index (χ1) is 17.1. The van der Waals surface area contributed by atoms with Crippen molar-refractivity contribution < 1.29 is 0 Å². The largest absolute Gasteiger partial charge is 0.345 e. The van der Waals surface area contributed by atoms with Crippen LogP contribution in [0.3, 0.4) is 0 Å². The van der Waals surface area contributed by atoms with E-state index in [4.69, 9.17) is 23.8 Å². The maximum atomic E-state index is 6.26. The van der Waals surface area contributed by atoms with Crippen molar-refractivity contribution in [3.8, 4) is 22.4 Å². The Morgan fingerprint density at radius 3 is 2.37 bits per heavy atom. The molecule has 1 aliphatic rings. The number of halogens is 1. The van der Waals surface area contributed by atoms with E-state index in [1.54, 1.807) is 0 Å². The average molecular weight is 496 g/mol. The summed E-state index contributed by atoms with van der Waals surface area (Å²) in [5, 5.41) is 4.25.